The number of amides is 2. The van der Waals surface area contributed by atoms with Gasteiger partial charge >= 0.3 is 0 Å². The minimum Gasteiger partial charge on any atom is -0.497 e. The topological polar surface area (TPSA) is 76.5 Å². The zero-order chi connectivity index (χ0) is 23.0. The van der Waals surface area contributed by atoms with Crippen LogP contribution in [0.15, 0.2) is 55.0 Å². The Labute approximate surface area is 192 Å². The lowest BCUT2D eigenvalue weighted by molar-refractivity contribution is -0.127. The predicted molar refractivity (Wildman–Crippen MR) is 122 cm³/mol. The second kappa shape index (κ2) is 8.31. The van der Waals surface area contributed by atoms with Crippen molar-refractivity contribution >= 4 is 23.4 Å². The highest BCUT2D eigenvalue weighted by Gasteiger charge is 2.39. The zero-order valence-corrected chi connectivity index (χ0v) is 19.2. The Morgan fingerprint density at radius 3 is 2.56 bits per heavy atom. The maximum atomic E-state index is 13.8. The van der Waals surface area contributed by atoms with Gasteiger partial charge in [-0.05, 0) is 56.7 Å². The molecule has 32 heavy (non-hydrogen) atoms. The number of nitrogens with zero attached hydrogens (tertiary/aromatic N) is 3. The first-order valence-electron chi connectivity index (χ1n) is 10.3. The molecule has 4 rings (SSSR count). The van der Waals surface area contributed by atoms with Gasteiger partial charge in [-0.15, -0.1) is 0 Å². The highest BCUT2D eigenvalue weighted by atomic mass is 35.5. The standard InChI is InChI=1S/C24H25ClN4O3/c1-24(2,3)27-22(30)21-20-12-26-14-29(20)19-11-16(25)7-10-18(19)23(31)28(21)13-15-5-8-17(32-4)9-6-15/h5-12,14,21H,13H2,1-4H3,(H,27,30). The molecule has 0 saturated heterocycles. The maximum absolute atomic E-state index is 13.8. The maximum Gasteiger partial charge on any atom is 0.257 e. The largest absolute Gasteiger partial charge is 0.497 e. The Balaban J connectivity index is 1.85. The molecule has 2 heterocycles. The van der Waals surface area contributed by atoms with E-state index in [1.807, 2.05) is 45.0 Å². The smallest absolute Gasteiger partial charge is 0.257 e. The molecule has 2 amide bonds. The molecule has 7 nitrogen and oxygen atoms in total. The number of hydrogen-bond acceptors (Lipinski definition) is 4. The van der Waals surface area contributed by atoms with Gasteiger partial charge in [0, 0.05) is 17.1 Å². The fourth-order valence-corrected chi connectivity index (χ4v) is 4.00. The van der Waals surface area contributed by atoms with Gasteiger partial charge in [0.1, 0.15) is 5.75 Å². The normalized spacial score (nSPS) is 15.6. The minimum absolute atomic E-state index is 0.234. The van der Waals surface area contributed by atoms with Crippen LogP contribution in [0.4, 0.5) is 0 Å². The van der Waals surface area contributed by atoms with Crippen LogP contribution in [0.2, 0.25) is 5.02 Å². The monoisotopic (exact) mass is 452 g/mol. The molecule has 0 spiro atoms. The SMILES string of the molecule is COc1ccc(CN2C(=O)c3ccc(Cl)cc3-n3cncc3C2C(=O)NC(C)(C)C)cc1. The summed E-state index contributed by atoms with van der Waals surface area (Å²) in [4.78, 5) is 33.1. The Morgan fingerprint density at radius 2 is 1.91 bits per heavy atom. The van der Waals surface area contributed by atoms with E-state index in [-0.39, 0.29) is 18.4 Å². The van der Waals surface area contributed by atoms with Crippen LogP contribution in [-0.2, 0) is 11.3 Å². The first-order valence-corrected chi connectivity index (χ1v) is 10.6. The van der Waals surface area contributed by atoms with Crippen LogP contribution in [-0.4, -0.2) is 38.9 Å². The highest BCUT2D eigenvalue weighted by Crippen LogP contribution is 2.34. The molecule has 0 radical (unpaired) electrons. The fourth-order valence-electron chi connectivity index (χ4n) is 3.83. The van der Waals surface area contributed by atoms with Gasteiger partial charge < -0.3 is 15.0 Å². The number of fused-ring (bicyclic) bond motifs is 3. The Bertz CT molecular complexity index is 1160. The second-order valence-corrected chi connectivity index (χ2v) is 9.21. The summed E-state index contributed by atoms with van der Waals surface area (Å²) in [5.41, 5.74) is 2.04. The van der Waals surface area contributed by atoms with Gasteiger partial charge in [-0.1, -0.05) is 23.7 Å². The lowest BCUT2D eigenvalue weighted by Gasteiger charge is -2.32. The van der Waals surface area contributed by atoms with Crippen molar-refractivity contribution in [1.82, 2.24) is 19.8 Å². The molecular weight excluding hydrogens is 428 g/mol. The van der Waals surface area contributed by atoms with Crippen molar-refractivity contribution in [3.8, 4) is 11.4 Å². The van der Waals surface area contributed by atoms with Crippen LogP contribution in [0.3, 0.4) is 0 Å². The Morgan fingerprint density at radius 1 is 1.19 bits per heavy atom. The molecule has 166 valence electrons. The molecule has 0 fully saturated rings. The third-order valence-electron chi connectivity index (χ3n) is 5.23. The van der Waals surface area contributed by atoms with Gasteiger partial charge in [-0.3, -0.25) is 14.2 Å². The van der Waals surface area contributed by atoms with E-state index in [0.717, 1.165) is 11.3 Å². The third kappa shape index (κ3) is 4.21. The van der Waals surface area contributed by atoms with E-state index in [2.05, 4.69) is 10.3 Å². The van der Waals surface area contributed by atoms with Gasteiger partial charge in [0.2, 0.25) is 5.91 Å². The van der Waals surface area contributed by atoms with E-state index in [4.69, 9.17) is 16.3 Å². The molecule has 0 saturated carbocycles. The molecule has 1 atom stereocenters. The lowest BCUT2D eigenvalue weighted by atomic mass is 10.0. The van der Waals surface area contributed by atoms with E-state index in [1.165, 1.54) is 0 Å². The number of carbonyl (C=O) groups excluding carboxylic acids is 2. The molecule has 1 aliphatic heterocycles. The third-order valence-corrected chi connectivity index (χ3v) is 5.46. The minimum atomic E-state index is -0.877. The van der Waals surface area contributed by atoms with Crippen LogP contribution in [0.25, 0.3) is 5.69 Å². The molecule has 1 N–H and O–H groups in total. The summed E-state index contributed by atoms with van der Waals surface area (Å²) >= 11 is 6.24. The van der Waals surface area contributed by atoms with Gasteiger partial charge in [-0.2, -0.15) is 0 Å². The van der Waals surface area contributed by atoms with Crippen molar-refractivity contribution in [3.05, 3.63) is 76.8 Å². The molecule has 3 aromatic rings. The van der Waals surface area contributed by atoms with Crippen molar-refractivity contribution in [2.45, 2.75) is 38.9 Å². The molecule has 2 aromatic carbocycles. The van der Waals surface area contributed by atoms with Gasteiger partial charge in [0.25, 0.3) is 5.91 Å². The van der Waals surface area contributed by atoms with Crippen LogP contribution >= 0.6 is 11.6 Å². The average Bonchev–Trinajstić information content (AvgIpc) is 3.18. The van der Waals surface area contributed by atoms with Crippen molar-refractivity contribution in [1.29, 1.82) is 0 Å². The first-order chi connectivity index (χ1) is 15.2. The molecule has 0 aliphatic carbocycles. The summed E-state index contributed by atoms with van der Waals surface area (Å²) in [6.45, 7) is 5.95. The Kier molecular flexibility index (Phi) is 5.69. The van der Waals surface area contributed by atoms with Crippen molar-refractivity contribution in [2.24, 2.45) is 0 Å². The Hall–Kier alpha value is -3.32. The van der Waals surface area contributed by atoms with Crippen LogP contribution in [0, 0.1) is 0 Å². The van der Waals surface area contributed by atoms with E-state index in [1.54, 1.807) is 47.3 Å². The second-order valence-electron chi connectivity index (χ2n) is 8.77. The lowest BCUT2D eigenvalue weighted by Crippen LogP contribution is -2.49. The van der Waals surface area contributed by atoms with Crippen LogP contribution < -0.4 is 10.1 Å². The number of halogens is 1. The van der Waals surface area contributed by atoms with Gasteiger partial charge in [0.15, 0.2) is 6.04 Å². The molecule has 0 bridgehead atoms. The van der Waals surface area contributed by atoms with Crippen molar-refractivity contribution in [3.63, 3.8) is 0 Å². The number of rotatable bonds is 4. The number of ether oxygens (including phenoxy) is 1. The summed E-state index contributed by atoms with van der Waals surface area (Å²) in [6, 6.07) is 11.6. The average molecular weight is 453 g/mol. The quantitative estimate of drug-likeness (QED) is 0.645. The van der Waals surface area contributed by atoms with E-state index < -0.39 is 11.6 Å². The van der Waals surface area contributed by atoms with Crippen molar-refractivity contribution in [2.75, 3.05) is 7.11 Å². The molecule has 8 heteroatoms. The zero-order valence-electron chi connectivity index (χ0n) is 18.4. The van der Waals surface area contributed by atoms with Crippen LogP contribution in [0.5, 0.6) is 5.75 Å². The molecule has 1 unspecified atom stereocenters. The molecular formula is C24H25ClN4O3. The number of carbonyl (C=O) groups is 2. The summed E-state index contributed by atoms with van der Waals surface area (Å²) < 4.78 is 7.00. The number of benzene rings is 2. The van der Waals surface area contributed by atoms with Crippen LogP contribution in [0.1, 0.15) is 48.4 Å². The number of methoxy groups -OCH3 is 1. The highest BCUT2D eigenvalue weighted by molar-refractivity contribution is 6.31. The van der Waals surface area contributed by atoms with Gasteiger partial charge in [0.05, 0.1) is 36.6 Å². The van der Waals surface area contributed by atoms with E-state index in [9.17, 15) is 9.59 Å². The number of nitrogens with one attached hydrogen (secondary N) is 1. The molecule has 1 aromatic heterocycles. The van der Waals surface area contributed by atoms with E-state index >= 15 is 0 Å². The summed E-state index contributed by atoms with van der Waals surface area (Å²) in [5, 5.41) is 3.52. The number of hydrogen-bond donors (Lipinski definition) is 1. The summed E-state index contributed by atoms with van der Waals surface area (Å²) in [6.07, 6.45) is 3.23. The number of aromatic nitrogens is 2. The molecule has 1 aliphatic rings. The summed E-state index contributed by atoms with van der Waals surface area (Å²) in [7, 11) is 1.60. The van der Waals surface area contributed by atoms with Gasteiger partial charge in [-0.25, -0.2) is 4.98 Å². The van der Waals surface area contributed by atoms with Crippen molar-refractivity contribution < 1.29 is 14.3 Å². The first kappa shape index (κ1) is 21.9. The number of imidazole rings is 1. The fraction of sp³-hybridized carbons (Fsp3) is 0.292. The summed E-state index contributed by atoms with van der Waals surface area (Å²) in [5.74, 6) is 0.182. The predicted octanol–water partition coefficient (Wildman–Crippen LogP) is 4.15. The van der Waals surface area contributed by atoms with E-state index in [0.29, 0.717) is 22.0 Å².